The van der Waals surface area contributed by atoms with Crippen molar-refractivity contribution in [3.8, 4) is 22.8 Å². The van der Waals surface area contributed by atoms with Crippen LogP contribution in [-0.4, -0.2) is 17.2 Å². The van der Waals surface area contributed by atoms with Crippen LogP contribution in [0.3, 0.4) is 0 Å². The molecule has 0 saturated heterocycles. The molecular formula is C15H11BrFN3O. The fourth-order valence-corrected chi connectivity index (χ4v) is 2.49. The number of hydrogen-bond acceptors (Lipinski definition) is 4. The lowest BCUT2D eigenvalue weighted by Crippen LogP contribution is -1.91. The van der Waals surface area contributed by atoms with Crippen LogP contribution < -0.4 is 5.32 Å². The number of halogens is 2. The first-order valence-electron chi connectivity index (χ1n) is 6.24. The van der Waals surface area contributed by atoms with E-state index in [4.69, 9.17) is 4.52 Å². The van der Waals surface area contributed by atoms with E-state index >= 15 is 0 Å². The van der Waals surface area contributed by atoms with Crippen LogP contribution in [0.1, 0.15) is 0 Å². The molecule has 3 aromatic rings. The van der Waals surface area contributed by atoms with Gasteiger partial charge in [-0.25, -0.2) is 4.39 Å². The fourth-order valence-electron chi connectivity index (χ4n) is 2.02. The average Bonchev–Trinajstić information content (AvgIpc) is 2.96. The fraction of sp³-hybridized carbons (Fsp3) is 0.0667. The predicted molar refractivity (Wildman–Crippen MR) is 82.4 cm³/mol. The first-order valence-corrected chi connectivity index (χ1v) is 7.04. The predicted octanol–water partition coefficient (Wildman–Crippen LogP) is 4.35. The van der Waals surface area contributed by atoms with E-state index in [2.05, 4.69) is 31.4 Å². The molecule has 0 aliphatic heterocycles. The highest BCUT2D eigenvalue weighted by Crippen LogP contribution is 2.29. The highest BCUT2D eigenvalue weighted by Gasteiger charge is 2.14. The van der Waals surface area contributed by atoms with Crippen molar-refractivity contribution in [2.24, 2.45) is 0 Å². The summed E-state index contributed by atoms with van der Waals surface area (Å²) in [5, 5.41) is 6.99. The van der Waals surface area contributed by atoms with Gasteiger partial charge in [-0.05, 0) is 30.3 Å². The van der Waals surface area contributed by atoms with E-state index < -0.39 is 0 Å². The lowest BCUT2D eigenvalue weighted by molar-refractivity contribution is 0.432. The van der Waals surface area contributed by atoms with Gasteiger partial charge in [-0.2, -0.15) is 4.98 Å². The minimum Gasteiger partial charge on any atom is -0.387 e. The molecule has 6 heteroatoms. The standard InChI is InChI=1S/C15H11BrFN3O/c1-18-13-5-3-2-4-12(13)15-19-14(20-21-15)9-6-10(16)8-11(17)7-9/h2-8,18H,1H3. The number of anilines is 1. The van der Waals surface area contributed by atoms with E-state index in [9.17, 15) is 4.39 Å². The quantitative estimate of drug-likeness (QED) is 0.765. The highest BCUT2D eigenvalue weighted by atomic mass is 79.9. The maximum Gasteiger partial charge on any atom is 0.260 e. The summed E-state index contributed by atoms with van der Waals surface area (Å²) < 4.78 is 19.3. The second kappa shape index (κ2) is 5.65. The SMILES string of the molecule is CNc1ccccc1-c1nc(-c2cc(F)cc(Br)c2)no1. The first-order chi connectivity index (χ1) is 10.2. The molecular weight excluding hydrogens is 337 g/mol. The Kier molecular flexibility index (Phi) is 3.70. The Bertz CT molecular complexity index is 768. The number of rotatable bonds is 3. The van der Waals surface area contributed by atoms with Crippen LogP contribution in [0.15, 0.2) is 51.5 Å². The molecule has 0 radical (unpaired) electrons. The number of benzene rings is 2. The van der Waals surface area contributed by atoms with Gasteiger partial charge in [0.05, 0.1) is 5.56 Å². The average molecular weight is 348 g/mol. The molecule has 1 aromatic heterocycles. The van der Waals surface area contributed by atoms with E-state index in [0.717, 1.165) is 11.3 Å². The van der Waals surface area contributed by atoms with Crippen LogP contribution in [0.2, 0.25) is 0 Å². The van der Waals surface area contributed by atoms with Crippen LogP contribution in [0.4, 0.5) is 10.1 Å². The first kappa shape index (κ1) is 13.8. The van der Waals surface area contributed by atoms with Gasteiger partial charge in [0.15, 0.2) is 0 Å². The van der Waals surface area contributed by atoms with Crippen molar-refractivity contribution in [3.05, 3.63) is 52.8 Å². The van der Waals surface area contributed by atoms with Crippen molar-refractivity contribution in [2.75, 3.05) is 12.4 Å². The Morgan fingerprint density at radius 3 is 2.76 bits per heavy atom. The number of para-hydroxylation sites is 1. The molecule has 0 aliphatic rings. The monoisotopic (exact) mass is 347 g/mol. The van der Waals surface area contributed by atoms with Gasteiger partial charge in [0.1, 0.15) is 5.82 Å². The summed E-state index contributed by atoms with van der Waals surface area (Å²) in [5.74, 6) is 0.368. The van der Waals surface area contributed by atoms with Gasteiger partial charge in [-0.3, -0.25) is 0 Å². The van der Waals surface area contributed by atoms with E-state index in [0.29, 0.717) is 21.8 Å². The van der Waals surface area contributed by atoms with Gasteiger partial charge >= 0.3 is 0 Å². The molecule has 0 saturated carbocycles. The summed E-state index contributed by atoms with van der Waals surface area (Å²) in [6, 6.07) is 12.1. The van der Waals surface area contributed by atoms with Gasteiger partial charge in [0, 0.05) is 22.8 Å². The lowest BCUT2D eigenvalue weighted by Gasteiger charge is -2.03. The zero-order chi connectivity index (χ0) is 14.8. The summed E-state index contributed by atoms with van der Waals surface area (Å²) >= 11 is 3.25. The molecule has 0 atom stereocenters. The molecule has 3 rings (SSSR count). The molecule has 0 spiro atoms. The molecule has 2 aromatic carbocycles. The molecule has 1 N–H and O–H groups in total. The molecule has 0 aliphatic carbocycles. The van der Waals surface area contributed by atoms with Crippen molar-refractivity contribution in [1.82, 2.24) is 10.1 Å². The zero-order valence-corrected chi connectivity index (χ0v) is 12.7. The van der Waals surface area contributed by atoms with Crippen LogP contribution in [-0.2, 0) is 0 Å². The molecule has 0 unspecified atom stereocenters. The van der Waals surface area contributed by atoms with Crippen LogP contribution in [0, 0.1) is 5.82 Å². The number of nitrogens with zero attached hydrogens (tertiary/aromatic N) is 2. The van der Waals surface area contributed by atoms with E-state index in [1.165, 1.54) is 12.1 Å². The van der Waals surface area contributed by atoms with E-state index in [1.807, 2.05) is 31.3 Å². The molecule has 4 nitrogen and oxygen atoms in total. The van der Waals surface area contributed by atoms with Crippen molar-refractivity contribution in [2.45, 2.75) is 0 Å². The normalized spacial score (nSPS) is 10.6. The zero-order valence-electron chi connectivity index (χ0n) is 11.1. The second-order valence-electron chi connectivity index (χ2n) is 4.38. The number of aromatic nitrogens is 2. The molecule has 0 amide bonds. The largest absolute Gasteiger partial charge is 0.387 e. The topological polar surface area (TPSA) is 51.0 Å². The van der Waals surface area contributed by atoms with E-state index in [-0.39, 0.29) is 5.82 Å². The minimum absolute atomic E-state index is 0.344. The van der Waals surface area contributed by atoms with Crippen molar-refractivity contribution in [1.29, 1.82) is 0 Å². The third-order valence-electron chi connectivity index (χ3n) is 2.97. The van der Waals surface area contributed by atoms with E-state index in [1.54, 1.807) is 6.07 Å². The van der Waals surface area contributed by atoms with Gasteiger partial charge in [0.25, 0.3) is 5.89 Å². The smallest absolute Gasteiger partial charge is 0.260 e. The third kappa shape index (κ3) is 2.80. The summed E-state index contributed by atoms with van der Waals surface area (Å²) in [7, 11) is 1.82. The van der Waals surface area contributed by atoms with Crippen LogP contribution in [0.25, 0.3) is 22.8 Å². The van der Waals surface area contributed by atoms with Crippen molar-refractivity contribution in [3.63, 3.8) is 0 Å². The third-order valence-corrected chi connectivity index (χ3v) is 3.43. The molecule has 0 bridgehead atoms. The summed E-state index contributed by atoms with van der Waals surface area (Å²) in [6.45, 7) is 0. The number of nitrogens with one attached hydrogen (secondary N) is 1. The molecule has 1 heterocycles. The molecule has 0 fully saturated rings. The lowest BCUT2D eigenvalue weighted by atomic mass is 10.1. The number of hydrogen-bond donors (Lipinski definition) is 1. The molecule has 106 valence electrons. The summed E-state index contributed by atoms with van der Waals surface area (Å²) in [5.41, 5.74) is 2.24. The van der Waals surface area contributed by atoms with Gasteiger partial charge in [-0.1, -0.05) is 33.2 Å². The second-order valence-corrected chi connectivity index (χ2v) is 5.29. The Morgan fingerprint density at radius 1 is 1.19 bits per heavy atom. The Balaban J connectivity index is 2.04. The summed E-state index contributed by atoms with van der Waals surface area (Å²) in [6.07, 6.45) is 0. The Morgan fingerprint density at radius 2 is 2.00 bits per heavy atom. The van der Waals surface area contributed by atoms with Crippen LogP contribution >= 0.6 is 15.9 Å². The van der Waals surface area contributed by atoms with Crippen molar-refractivity contribution >= 4 is 21.6 Å². The maximum atomic E-state index is 13.4. The molecule has 21 heavy (non-hydrogen) atoms. The van der Waals surface area contributed by atoms with Crippen LogP contribution in [0.5, 0.6) is 0 Å². The summed E-state index contributed by atoms with van der Waals surface area (Å²) in [4.78, 5) is 4.34. The van der Waals surface area contributed by atoms with Gasteiger partial charge < -0.3 is 9.84 Å². The highest BCUT2D eigenvalue weighted by molar-refractivity contribution is 9.10. The minimum atomic E-state index is -0.360. The maximum absolute atomic E-state index is 13.4. The van der Waals surface area contributed by atoms with Gasteiger partial charge in [-0.15, -0.1) is 0 Å². The van der Waals surface area contributed by atoms with Gasteiger partial charge in [0.2, 0.25) is 5.82 Å². The Hall–Kier alpha value is -2.21. The van der Waals surface area contributed by atoms with Crippen molar-refractivity contribution < 1.29 is 8.91 Å². The Labute approximate surface area is 129 Å².